The van der Waals surface area contributed by atoms with Crippen LogP contribution < -0.4 is 0 Å². The molecule has 19 heavy (non-hydrogen) atoms. The van der Waals surface area contributed by atoms with Crippen molar-refractivity contribution in [1.29, 1.82) is 0 Å². The summed E-state index contributed by atoms with van der Waals surface area (Å²) in [6, 6.07) is 3.59. The van der Waals surface area contributed by atoms with Gasteiger partial charge in [-0.15, -0.1) is 0 Å². The van der Waals surface area contributed by atoms with E-state index >= 15 is 0 Å². The summed E-state index contributed by atoms with van der Waals surface area (Å²) < 4.78 is 31.2. The molecule has 0 bridgehead atoms. The predicted molar refractivity (Wildman–Crippen MR) is 63.4 cm³/mol. The maximum atomic E-state index is 13.1. The lowest BCUT2D eigenvalue weighted by atomic mass is 9.99. The van der Waals surface area contributed by atoms with E-state index < -0.39 is 11.6 Å². The van der Waals surface area contributed by atoms with Gasteiger partial charge in [0.15, 0.2) is 5.82 Å². The van der Waals surface area contributed by atoms with Crippen LogP contribution in [0, 0.1) is 18.6 Å². The summed E-state index contributed by atoms with van der Waals surface area (Å²) in [6.45, 7) is 3.83. The summed E-state index contributed by atoms with van der Waals surface area (Å²) in [5, 5.41) is 3.75. The van der Waals surface area contributed by atoms with Gasteiger partial charge in [0.25, 0.3) is 0 Å². The van der Waals surface area contributed by atoms with E-state index in [0.717, 1.165) is 19.2 Å². The van der Waals surface area contributed by atoms with Gasteiger partial charge < -0.3 is 4.52 Å². The molecule has 4 nitrogen and oxygen atoms in total. The summed E-state index contributed by atoms with van der Waals surface area (Å²) in [6.07, 6.45) is 0. The Kier molecular flexibility index (Phi) is 3.02. The minimum absolute atomic E-state index is 0.222. The third kappa shape index (κ3) is 2.63. The van der Waals surface area contributed by atoms with Crippen LogP contribution in [0.1, 0.15) is 23.2 Å². The van der Waals surface area contributed by atoms with E-state index in [9.17, 15) is 8.78 Å². The molecule has 1 aromatic heterocycles. The van der Waals surface area contributed by atoms with Crippen LogP contribution >= 0.6 is 0 Å². The van der Waals surface area contributed by atoms with E-state index in [1.165, 1.54) is 12.1 Å². The summed E-state index contributed by atoms with van der Waals surface area (Å²) in [5.74, 6) is 0.402. The molecule has 1 saturated heterocycles. The standard InChI is InChI=1S/C13H13F2N3O/c1-8-16-13(19-17-8)10-6-18(7-10)5-9-2-11(14)4-12(15)3-9/h2-4,10H,5-7H2,1H3. The number of hydrogen-bond acceptors (Lipinski definition) is 4. The number of aromatic nitrogens is 2. The number of aryl methyl sites for hydroxylation is 1. The Bertz CT molecular complexity index is 573. The molecule has 0 unspecified atom stereocenters. The highest BCUT2D eigenvalue weighted by atomic mass is 19.1. The average molecular weight is 265 g/mol. The van der Waals surface area contributed by atoms with E-state index in [4.69, 9.17) is 4.52 Å². The Balaban J connectivity index is 1.59. The van der Waals surface area contributed by atoms with Gasteiger partial charge in [-0.1, -0.05) is 5.16 Å². The first-order valence-electron chi connectivity index (χ1n) is 6.07. The van der Waals surface area contributed by atoms with Crippen LogP contribution in [0.15, 0.2) is 22.7 Å². The molecule has 0 N–H and O–H groups in total. The first kappa shape index (κ1) is 12.2. The molecular formula is C13H13F2N3O. The summed E-state index contributed by atoms with van der Waals surface area (Å²) >= 11 is 0. The molecular weight excluding hydrogens is 252 g/mol. The largest absolute Gasteiger partial charge is 0.339 e. The van der Waals surface area contributed by atoms with Gasteiger partial charge >= 0.3 is 0 Å². The number of benzene rings is 1. The lowest BCUT2D eigenvalue weighted by Gasteiger charge is -2.37. The van der Waals surface area contributed by atoms with Crippen LogP contribution in [0.5, 0.6) is 0 Å². The maximum absolute atomic E-state index is 13.1. The van der Waals surface area contributed by atoms with Crippen LogP contribution in [-0.4, -0.2) is 28.1 Å². The van der Waals surface area contributed by atoms with Crippen LogP contribution in [0.3, 0.4) is 0 Å². The molecule has 100 valence electrons. The van der Waals surface area contributed by atoms with Crippen molar-refractivity contribution in [3.8, 4) is 0 Å². The fourth-order valence-corrected chi connectivity index (χ4v) is 2.29. The molecule has 1 aliphatic rings. The molecule has 0 spiro atoms. The monoisotopic (exact) mass is 265 g/mol. The molecule has 2 aromatic rings. The van der Waals surface area contributed by atoms with Crippen LogP contribution in [0.4, 0.5) is 8.78 Å². The van der Waals surface area contributed by atoms with Crippen molar-refractivity contribution < 1.29 is 13.3 Å². The molecule has 1 aromatic carbocycles. The first-order chi connectivity index (χ1) is 9.10. The van der Waals surface area contributed by atoms with Crippen molar-refractivity contribution in [3.05, 3.63) is 47.1 Å². The molecule has 0 saturated carbocycles. The lowest BCUT2D eigenvalue weighted by molar-refractivity contribution is 0.117. The first-order valence-corrected chi connectivity index (χ1v) is 6.07. The topological polar surface area (TPSA) is 42.2 Å². The zero-order valence-corrected chi connectivity index (χ0v) is 10.4. The predicted octanol–water partition coefficient (Wildman–Crippen LogP) is 2.26. The molecule has 1 aliphatic heterocycles. The third-order valence-electron chi connectivity index (χ3n) is 3.18. The normalized spacial score (nSPS) is 16.6. The minimum atomic E-state index is -0.542. The molecule has 0 atom stereocenters. The number of likely N-dealkylation sites (tertiary alicyclic amines) is 1. The highest BCUT2D eigenvalue weighted by molar-refractivity contribution is 5.18. The fourth-order valence-electron chi connectivity index (χ4n) is 2.29. The summed E-state index contributed by atoms with van der Waals surface area (Å²) in [4.78, 5) is 6.26. The van der Waals surface area contributed by atoms with Crippen molar-refractivity contribution in [1.82, 2.24) is 15.0 Å². The SMILES string of the molecule is Cc1noc(C2CN(Cc3cc(F)cc(F)c3)C2)n1. The average Bonchev–Trinajstić information content (AvgIpc) is 2.68. The molecule has 0 aliphatic carbocycles. The number of hydrogen-bond donors (Lipinski definition) is 0. The van der Waals surface area contributed by atoms with Crippen LogP contribution in [0.25, 0.3) is 0 Å². The van der Waals surface area contributed by atoms with Gasteiger partial charge in [0.05, 0.1) is 5.92 Å². The summed E-state index contributed by atoms with van der Waals surface area (Å²) in [5.41, 5.74) is 0.637. The minimum Gasteiger partial charge on any atom is -0.339 e. The van der Waals surface area contributed by atoms with Gasteiger partial charge in [0.2, 0.25) is 5.89 Å². The second-order valence-corrected chi connectivity index (χ2v) is 4.85. The molecule has 1 fully saturated rings. The quantitative estimate of drug-likeness (QED) is 0.853. The van der Waals surface area contributed by atoms with E-state index in [-0.39, 0.29) is 5.92 Å². The van der Waals surface area contributed by atoms with Gasteiger partial charge in [-0.3, -0.25) is 4.90 Å². The summed E-state index contributed by atoms with van der Waals surface area (Å²) in [7, 11) is 0. The molecule has 2 heterocycles. The van der Waals surface area contributed by atoms with Gasteiger partial charge in [0, 0.05) is 25.7 Å². The van der Waals surface area contributed by atoms with E-state index in [1.54, 1.807) is 6.92 Å². The lowest BCUT2D eigenvalue weighted by Crippen LogP contribution is -2.44. The van der Waals surface area contributed by atoms with E-state index in [0.29, 0.717) is 23.8 Å². The van der Waals surface area contributed by atoms with Crippen molar-refractivity contribution in [2.24, 2.45) is 0 Å². The highest BCUT2D eigenvalue weighted by Gasteiger charge is 2.32. The van der Waals surface area contributed by atoms with Crippen molar-refractivity contribution in [3.63, 3.8) is 0 Å². The number of halogens is 2. The second kappa shape index (κ2) is 4.70. The number of rotatable bonds is 3. The highest BCUT2D eigenvalue weighted by Crippen LogP contribution is 2.27. The second-order valence-electron chi connectivity index (χ2n) is 4.85. The van der Waals surface area contributed by atoms with Gasteiger partial charge in [0.1, 0.15) is 11.6 Å². The fraction of sp³-hybridized carbons (Fsp3) is 0.385. The zero-order chi connectivity index (χ0) is 13.4. The van der Waals surface area contributed by atoms with E-state index in [1.807, 2.05) is 0 Å². The van der Waals surface area contributed by atoms with Crippen molar-refractivity contribution >= 4 is 0 Å². The molecule has 0 radical (unpaired) electrons. The Labute approximate surface area is 109 Å². The Hall–Kier alpha value is -1.82. The Morgan fingerprint density at radius 3 is 2.53 bits per heavy atom. The Morgan fingerprint density at radius 1 is 1.26 bits per heavy atom. The van der Waals surface area contributed by atoms with Crippen molar-refractivity contribution in [2.75, 3.05) is 13.1 Å². The van der Waals surface area contributed by atoms with Gasteiger partial charge in [-0.05, 0) is 24.6 Å². The molecule has 3 rings (SSSR count). The van der Waals surface area contributed by atoms with Crippen molar-refractivity contribution in [2.45, 2.75) is 19.4 Å². The molecule has 0 amide bonds. The van der Waals surface area contributed by atoms with Gasteiger partial charge in [-0.25, -0.2) is 8.78 Å². The Morgan fingerprint density at radius 2 is 1.95 bits per heavy atom. The zero-order valence-electron chi connectivity index (χ0n) is 10.4. The van der Waals surface area contributed by atoms with Crippen LogP contribution in [-0.2, 0) is 6.54 Å². The maximum Gasteiger partial charge on any atom is 0.232 e. The van der Waals surface area contributed by atoms with Gasteiger partial charge in [-0.2, -0.15) is 4.98 Å². The van der Waals surface area contributed by atoms with Crippen LogP contribution in [0.2, 0.25) is 0 Å². The smallest absolute Gasteiger partial charge is 0.232 e. The third-order valence-corrected chi connectivity index (χ3v) is 3.18. The molecule has 6 heteroatoms. The van der Waals surface area contributed by atoms with E-state index in [2.05, 4.69) is 15.0 Å². The number of nitrogens with zero attached hydrogens (tertiary/aromatic N) is 3.